The van der Waals surface area contributed by atoms with Gasteiger partial charge in [-0.3, -0.25) is 4.79 Å². The molecule has 1 saturated heterocycles. The molecule has 0 radical (unpaired) electrons. The number of rotatable bonds is 1. The van der Waals surface area contributed by atoms with Crippen molar-refractivity contribution in [2.24, 2.45) is 0 Å². The number of ketones is 1. The second kappa shape index (κ2) is 6.26. The number of Topliss-reactive ketones (excluding diaryl/α,β-unsaturated/α-hetero) is 1. The highest BCUT2D eigenvalue weighted by molar-refractivity contribution is 6.36. The van der Waals surface area contributed by atoms with Gasteiger partial charge in [0.25, 0.3) is 0 Å². The van der Waals surface area contributed by atoms with Gasteiger partial charge in [-0.1, -0.05) is 29.3 Å². The van der Waals surface area contributed by atoms with E-state index in [1.54, 1.807) is 6.07 Å². The first kappa shape index (κ1) is 16.6. The number of hydrogen-bond acceptors (Lipinski definition) is 3. The van der Waals surface area contributed by atoms with Crippen LogP contribution in [0, 0.1) is 0 Å². The van der Waals surface area contributed by atoms with Crippen molar-refractivity contribution in [3.63, 3.8) is 0 Å². The zero-order chi connectivity index (χ0) is 17.8. The molecule has 2 aromatic rings. The van der Waals surface area contributed by atoms with E-state index in [0.717, 1.165) is 49.2 Å². The highest BCUT2D eigenvalue weighted by atomic mass is 35.5. The molecule has 0 amide bonds. The van der Waals surface area contributed by atoms with E-state index in [4.69, 9.17) is 23.2 Å². The third-order valence-electron chi connectivity index (χ3n) is 6.02. The molecule has 5 heteroatoms. The van der Waals surface area contributed by atoms with Crippen molar-refractivity contribution in [1.82, 2.24) is 5.32 Å². The standard InChI is InChI=1S/C21H20Cl2N2O/c22-13-3-4-14(18(23)10-13)12-8-15-17-11-24-6-5-19(17)25-7-1-2-20(26)16(9-12)21(15)25/h3-4,8-10,17,19,24H,1-2,5-7,11H2. The number of carbonyl (C=O) groups excluding carboxylic acids is 1. The molecule has 5 rings (SSSR count). The summed E-state index contributed by atoms with van der Waals surface area (Å²) in [4.78, 5) is 15.4. The Hall–Kier alpha value is -1.55. The molecule has 2 unspecified atom stereocenters. The minimum atomic E-state index is 0.252. The Morgan fingerprint density at radius 1 is 1.12 bits per heavy atom. The van der Waals surface area contributed by atoms with E-state index >= 15 is 0 Å². The summed E-state index contributed by atoms with van der Waals surface area (Å²) in [6.45, 7) is 3.00. The van der Waals surface area contributed by atoms with Gasteiger partial charge < -0.3 is 10.2 Å². The van der Waals surface area contributed by atoms with Crippen molar-refractivity contribution in [2.75, 3.05) is 24.5 Å². The minimum absolute atomic E-state index is 0.252. The first-order chi connectivity index (χ1) is 12.6. The maximum Gasteiger partial charge on any atom is 0.165 e. The Morgan fingerprint density at radius 3 is 2.85 bits per heavy atom. The molecule has 3 aliphatic rings. The molecule has 0 spiro atoms. The van der Waals surface area contributed by atoms with Gasteiger partial charge in [0, 0.05) is 52.6 Å². The van der Waals surface area contributed by atoms with Crippen LogP contribution in [-0.2, 0) is 0 Å². The van der Waals surface area contributed by atoms with Crippen LogP contribution in [0.15, 0.2) is 30.3 Å². The molecular weight excluding hydrogens is 367 g/mol. The Labute approximate surface area is 163 Å². The summed E-state index contributed by atoms with van der Waals surface area (Å²) in [7, 11) is 0. The van der Waals surface area contributed by atoms with Crippen LogP contribution in [-0.4, -0.2) is 31.5 Å². The second-order valence-corrected chi connectivity index (χ2v) is 8.32. The predicted octanol–water partition coefficient (Wildman–Crippen LogP) is 4.90. The van der Waals surface area contributed by atoms with Gasteiger partial charge in [0.1, 0.15) is 0 Å². The number of halogens is 2. The van der Waals surface area contributed by atoms with Crippen molar-refractivity contribution in [3.8, 4) is 11.1 Å². The number of anilines is 1. The van der Waals surface area contributed by atoms with Gasteiger partial charge in [0.2, 0.25) is 0 Å². The molecule has 0 aromatic heterocycles. The smallest absolute Gasteiger partial charge is 0.165 e. The van der Waals surface area contributed by atoms with Gasteiger partial charge in [-0.25, -0.2) is 0 Å². The fourth-order valence-corrected chi connectivity index (χ4v) is 5.39. The van der Waals surface area contributed by atoms with Gasteiger partial charge in [-0.05, 0) is 54.8 Å². The summed E-state index contributed by atoms with van der Waals surface area (Å²) in [6, 6.07) is 10.4. The van der Waals surface area contributed by atoms with E-state index in [1.165, 1.54) is 11.3 Å². The summed E-state index contributed by atoms with van der Waals surface area (Å²) < 4.78 is 0. The van der Waals surface area contributed by atoms with E-state index in [2.05, 4.69) is 16.3 Å². The number of piperidine rings is 1. The molecule has 1 fully saturated rings. The number of carbonyl (C=O) groups is 1. The lowest BCUT2D eigenvalue weighted by Gasteiger charge is -2.33. The maximum atomic E-state index is 12.9. The van der Waals surface area contributed by atoms with Crippen LogP contribution in [0.3, 0.4) is 0 Å². The van der Waals surface area contributed by atoms with Gasteiger partial charge in [0.15, 0.2) is 5.78 Å². The van der Waals surface area contributed by atoms with E-state index in [-0.39, 0.29) is 5.78 Å². The molecule has 1 N–H and O–H groups in total. The lowest BCUT2D eigenvalue weighted by molar-refractivity contribution is 0.0983. The first-order valence-corrected chi connectivity index (χ1v) is 10.0. The van der Waals surface area contributed by atoms with Crippen LogP contribution in [0.25, 0.3) is 11.1 Å². The molecule has 3 aliphatic heterocycles. The zero-order valence-electron chi connectivity index (χ0n) is 14.4. The van der Waals surface area contributed by atoms with Crippen molar-refractivity contribution in [1.29, 1.82) is 0 Å². The van der Waals surface area contributed by atoms with Crippen LogP contribution in [0.2, 0.25) is 10.0 Å². The molecule has 0 aliphatic carbocycles. The Kier molecular flexibility index (Phi) is 4.00. The Bertz CT molecular complexity index is 911. The van der Waals surface area contributed by atoms with Crippen molar-refractivity contribution >= 4 is 34.7 Å². The Morgan fingerprint density at radius 2 is 2.00 bits per heavy atom. The first-order valence-electron chi connectivity index (χ1n) is 9.27. The number of nitrogens with one attached hydrogen (secondary N) is 1. The summed E-state index contributed by atoms with van der Waals surface area (Å²) in [6.07, 6.45) is 2.68. The van der Waals surface area contributed by atoms with Crippen LogP contribution in [0.5, 0.6) is 0 Å². The third kappa shape index (κ3) is 2.49. The number of hydrogen-bond donors (Lipinski definition) is 1. The van der Waals surface area contributed by atoms with Crippen LogP contribution >= 0.6 is 23.2 Å². The van der Waals surface area contributed by atoms with Gasteiger partial charge in [0.05, 0.1) is 5.69 Å². The topological polar surface area (TPSA) is 32.3 Å². The van der Waals surface area contributed by atoms with E-state index in [1.807, 2.05) is 18.2 Å². The van der Waals surface area contributed by atoms with Crippen molar-refractivity contribution < 1.29 is 4.79 Å². The van der Waals surface area contributed by atoms with Crippen molar-refractivity contribution in [3.05, 3.63) is 51.5 Å². The van der Waals surface area contributed by atoms with Crippen LogP contribution in [0.1, 0.15) is 41.1 Å². The summed E-state index contributed by atoms with van der Waals surface area (Å²) in [5, 5.41) is 4.78. The number of benzene rings is 2. The average molecular weight is 387 g/mol. The molecule has 26 heavy (non-hydrogen) atoms. The normalized spacial score (nSPS) is 24.2. The zero-order valence-corrected chi connectivity index (χ0v) is 15.9. The highest BCUT2D eigenvalue weighted by Gasteiger charge is 2.43. The fraction of sp³-hybridized carbons (Fsp3) is 0.381. The summed E-state index contributed by atoms with van der Waals surface area (Å²) in [5.41, 5.74) is 5.30. The van der Waals surface area contributed by atoms with Gasteiger partial charge in [-0.2, -0.15) is 0 Å². The van der Waals surface area contributed by atoms with Crippen molar-refractivity contribution in [2.45, 2.75) is 31.2 Å². The molecule has 0 saturated carbocycles. The monoisotopic (exact) mass is 386 g/mol. The Balaban J connectivity index is 1.73. The van der Waals surface area contributed by atoms with Gasteiger partial charge in [-0.15, -0.1) is 0 Å². The van der Waals surface area contributed by atoms with E-state index in [0.29, 0.717) is 28.4 Å². The summed E-state index contributed by atoms with van der Waals surface area (Å²) in [5.74, 6) is 0.691. The highest BCUT2D eigenvalue weighted by Crippen LogP contribution is 2.49. The maximum absolute atomic E-state index is 12.9. The second-order valence-electron chi connectivity index (χ2n) is 7.47. The lowest BCUT2D eigenvalue weighted by Crippen LogP contribution is -2.44. The quantitative estimate of drug-likeness (QED) is 0.755. The van der Waals surface area contributed by atoms with Crippen LogP contribution < -0.4 is 10.2 Å². The minimum Gasteiger partial charge on any atom is -0.367 e. The molecule has 2 atom stereocenters. The largest absolute Gasteiger partial charge is 0.367 e. The number of fused-ring (bicyclic) bond motifs is 3. The molecular formula is C21H20Cl2N2O. The molecule has 2 aromatic carbocycles. The number of nitrogens with zero attached hydrogens (tertiary/aromatic N) is 1. The summed E-state index contributed by atoms with van der Waals surface area (Å²) >= 11 is 12.5. The predicted molar refractivity (Wildman–Crippen MR) is 107 cm³/mol. The molecule has 3 heterocycles. The van der Waals surface area contributed by atoms with Gasteiger partial charge >= 0.3 is 0 Å². The fourth-order valence-electron chi connectivity index (χ4n) is 4.87. The SMILES string of the molecule is O=C1CCCN2c3c1cc(-c1ccc(Cl)cc1Cl)cc3C1CNCCC12. The average Bonchev–Trinajstić information content (AvgIpc) is 2.84. The van der Waals surface area contributed by atoms with E-state index in [9.17, 15) is 4.79 Å². The third-order valence-corrected chi connectivity index (χ3v) is 6.57. The molecule has 3 nitrogen and oxygen atoms in total. The molecule has 134 valence electrons. The van der Waals surface area contributed by atoms with E-state index < -0.39 is 0 Å². The van der Waals surface area contributed by atoms with Crippen LogP contribution in [0.4, 0.5) is 5.69 Å². The molecule has 0 bridgehead atoms. The lowest BCUT2D eigenvalue weighted by atomic mass is 9.86.